The number of carbonyl (C=O) groups excluding carboxylic acids is 2. The molecule has 0 aliphatic carbocycles. The van der Waals surface area contributed by atoms with Crippen molar-refractivity contribution in [2.24, 2.45) is 0 Å². The third-order valence-corrected chi connectivity index (χ3v) is 3.35. The number of rotatable bonds is 3. The van der Waals surface area contributed by atoms with Gasteiger partial charge in [0.2, 0.25) is 5.91 Å². The molecule has 0 bridgehead atoms. The molecule has 5 nitrogen and oxygen atoms in total. The second-order valence-electron chi connectivity index (χ2n) is 4.63. The van der Waals surface area contributed by atoms with Crippen molar-refractivity contribution in [3.05, 3.63) is 29.8 Å². The molecule has 1 N–H and O–H groups in total. The van der Waals surface area contributed by atoms with Gasteiger partial charge in [0, 0.05) is 19.3 Å². The molecule has 1 atom stereocenters. The lowest BCUT2D eigenvalue weighted by Crippen LogP contribution is -2.38. The SMILES string of the molecule is COC(=O)CN(C)C(=O)C1CCNc2ccccc21. The molecule has 1 amide bonds. The highest BCUT2D eigenvalue weighted by Gasteiger charge is 2.29. The van der Waals surface area contributed by atoms with Crippen LogP contribution in [0.5, 0.6) is 0 Å². The third-order valence-electron chi connectivity index (χ3n) is 3.35. The summed E-state index contributed by atoms with van der Waals surface area (Å²) in [6.07, 6.45) is 0.737. The maximum absolute atomic E-state index is 12.4. The number of esters is 1. The Hall–Kier alpha value is -2.04. The molecular weight excluding hydrogens is 244 g/mol. The second kappa shape index (κ2) is 5.73. The first-order chi connectivity index (χ1) is 9.13. The Morgan fingerprint density at radius 3 is 2.89 bits per heavy atom. The molecule has 1 aliphatic heterocycles. The number of para-hydroxylation sites is 1. The lowest BCUT2D eigenvalue weighted by atomic mass is 9.90. The van der Waals surface area contributed by atoms with Crippen molar-refractivity contribution in [1.82, 2.24) is 4.90 Å². The van der Waals surface area contributed by atoms with E-state index in [-0.39, 0.29) is 18.4 Å². The average molecular weight is 262 g/mol. The van der Waals surface area contributed by atoms with Gasteiger partial charge in [0.1, 0.15) is 6.54 Å². The summed E-state index contributed by atoms with van der Waals surface area (Å²) in [7, 11) is 2.95. The number of hydrogen-bond donors (Lipinski definition) is 1. The van der Waals surface area contributed by atoms with E-state index >= 15 is 0 Å². The molecule has 1 aliphatic rings. The topological polar surface area (TPSA) is 58.6 Å². The molecule has 19 heavy (non-hydrogen) atoms. The fraction of sp³-hybridized carbons (Fsp3) is 0.429. The van der Waals surface area contributed by atoms with E-state index < -0.39 is 5.97 Å². The van der Waals surface area contributed by atoms with Crippen LogP contribution in [0.1, 0.15) is 17.9 Å². The van der Waals surface area contributed by atoms with Gasteiger partial charge in [0.15, 0.2) is 0 Å². The molecule has 0 aromatic heterocycles. The molecule has 0 saturated heterocycles. The zero-order valence-corrected chi connectivity index (χ0v) is 11.2. The smallest absolute Gasteiger partial charge is 0.325 e. The fourth-order valence-electron chi connectivity index (χ4n) is 2.33. The number of methoxy groups -OCH3 is 1. The Balaban J connectivity index is 2.14. The van der Waals surface area contributed by atoms with Crippen molar-refractivity contribution < 1.29 is 14.3 Å². The van der Waals surface area contributed by atoms with Crippen molar-refractivity contribution in [1.29, 1.82) is 0 Å². The lowest BCUT2D eigenvalue weighted by molar-refractivity contribution is -0.146. The van der Waals surface area contributed by atoms with Gasteiger partial charge in [-0.05, 0) is 18.1 Å². The number of nitrogens with one attached hydrogen (secondary N) is 1. The third kappa shape index (κ3) is 2.86. The maximum atomic E-state index is 12.4. The number of carbonyl (C=O) groups is 2. The standard InChI is InChI=1S/C14H18N2O3/c1-16(9-13(17)19-2)14(18)11-7-8-15-12-6-4-3-5-10(11)12/h3-6,11,15H,7-9H2,1-2H3. The summed E-state index contributed by atoms with van der Waals surface area (Å²) in [6.45, 7) is 0.751. The second-order valence-corrected chi connectivity index (χ2v) is 4.63. The lowest BCUT2D eigenvalue weighted by Gasteiger charge is -2.28. The van der Waals surface area contributed by atoms with Crippen LogP contribution in [0.15, 0.2) is 24.3 Å². The van der Waals surface area contributed by atoms with Crippen molar-refractivity contribution in [2.45, 2.75) is 12.3 Å². The van der Waals surface area contributed by atoms with E-state index in [4.69, 9.17) is 0 Å². The van der Waals surface area contributed by atoms with Crippen LogP contribution in [0.25, 0.3) is 0 Å². The van der Waals surface area contributed by atoms with Gasteiger partial charge in [0.05, 0.1) is 13.0 Å². The molecule has 0 fully saturated rings. The highest BCUT2D eigenvalue weighted by molar-refractivity contribution is 5.88. The molecule has 0 radical (unpaired) electrons. The molecule has 0 saturated carbocycles. The van der Waals surface area contributed by atoms with Gasteiger partial charge in [-0.25, -0.2) is 0 Å². The van der Waals surface area contributed by atoms with E-state index in [1.54, 1.807) is 7.05 Å². The number of amides is 1. The zero-order chi connectivity index (χ0) is 13.8. The first kappa shape index (κ1) is 13.4. The highest BCUT2D eigenvalue weighted by Crippen LogP contribution is 2.32. The van der Waals surface area contributed by atoms with Crippen molar-refractivity contribution in [3.63, 3.8) is 0 Å². The number of nitrogens with zero attached hydrogens (tertiary/aromatic N) is 1. The molecule has 1 heterocycles. The van der Waals surface area contributed by atoms with Crippen molar-refractivity contribution in [3.8, 4) is 0 Å². The van der Waals surface area contributed by atoms with E-state index in [2.05, 4.69) is 10.1 Å². The van der Waals surface area contributed by atoms with Crippen LogP contribution in [0.4, 0.5) is 5.69 Å². The molecular formula is C14H18N2O3. The Morgan fingerprint density at radius 2 is 2.16 bits per heavy atom. The van der Waals surface area contributed by atoms with E-state index in [9.17, 15) is 9.59 Å². The normalized spacial score (nSPS) is 17.1. The number of hydrogen-bond acceptors (Lipinski definition) is 4. The first-order valence-electron chi connectivity index (χ1n) is 6.28. The van der Waals surface area contributed by atoms with Gasteiger partial charge in [0.25, 0.3) is 0 Å². The molecule has 0 spiro atoms. The molecule has 5 heteroatoms. The summed E-state index contributed by atoms with van der Waals surface area (Å²) in [5.41, 5.74) is 1.99. The van der Waals surface area contributed by atoms with Gasteiger partial charge >= 0.3 is 5.97 Å². The van der Waals surface area contributed by atoms with Crippen LogP contribution < -0.4 is 5.32 Å². The van der Waals surface area contributed by atoms with E-state index in [0.717, 1.165) is 24.2 Å². The summed E-state index contributed by atoms with van der Waals surface area (Å²) < 4.78 is 4.58. The van der Waals surface area contributed by atoms with E-state index in [0.29, 0.717) is 0 Å². The predicted molar refractivity (Wildman–Crippen MR) is 71.9 cm³/mol. The van der Waals surface area contributed by atoms with Crippen molar-refractivity contribution in [2.75, 3.05) is 32.6 Å². The summed E-state index contributed by atoms with van der Waals surface area (Å²) >= 11 is 0. The van der Waals surface area contributed by atoms with Crippen LogP contribution in [0.2, 0.25) is 0 Å². The maximum Gasteiger partial charge on any atom is 0.325 e. The minimum absolute atomic E-state index is 0.0125. The van der Waals surface area contributed by atoms with E-state index in [1.165, 1.54) is 12.0 Å². The van der Waals surface area contributed by atoms with Gasteiger partial charge in [-0.15, -0.1) is 0 Å². The Morgan fingerprint density at radius 1 is 1.42 bits per heavy atom. The molecule has 102 valence electrons. The van der Waals surface area contributed by atoms with Crippen molar-refractivity contribution >= 4 is 17.6 Å². The first-order valence-corrected chi connectivity index (χ1v) is 6.28. The fourth-order valence-corrected chi connectivity index (χ4v) is 2.33. The molecule has 1 aromatic rings. The van der Waals surface area contributed by atoms with Gasteiger partial charge in [-0.1, -0.05) is 18.2 Å². The zero-order valence-electron chi connectivity index (χ0n) is 11.2. The van der Waals surface area contributed by atoms with Gasteiger partial charge in [-0.3, -0.25) is 9.59 Å². The minimum atomic E-state index is -0.405. The average Bonchev–Trinajstić information content (AvgIpc) is 2.45. The predicted octanol–water partition coefficient (Wildman–Crippen LogP) is 1.22. The number of likely N-dealkylation sites (N-methyl/N-ethyl adjacent to an activating group) is 1. The minimum Gasteiger partial charge on any atom is -0.468 e. The van der Waals surface area contributed by atoms with Crippen LogP contribution in [0.3, 0.4) is 0 Å². The highest BCUT2D eigenvalue weighted by atomic mass is 16.5. The Bertz CT molecular complexity index is 487. The Labute approximate surface area is 112 Å². The quantitative estimate of drug-likeness (QED) is 0.832. The molecule has 2 rings (SSSR count). The summed E-state index contributed by atoms with van der Waals surface area (Å²) in [5.74, 6) is -0.635. The number of ether oxygens (including phenoxy) is 1. The largest absolute Gasteiger partial charge is 0.468 e. The Kier molecular flexibility index (Phi) is 4.04. The molecule has 1 unspecified atom stereocenters. The van der Waals surface area contributed by atoms with Crippen LogP contribution in [-0.2, 0) is 14.3 Å². The summed E-state index contributed by atoms with van der Waals surface area (Å²) in [5, 5.41) is 3.28. The monoisotopic (exact) mass is 262 g/mol. The van der Waals surface area contributed by atoms with Gasteiger partial charge < -0.3 is 15.0 Å². The van der Waals surface area contributed by atoms with Crippen LogP contribution in [-0.4, -0.2) is 44.0 Å². The van der Waals surface area contributed by atoms with Gasteiger partial charge in [-0.2, -0.15) is 0 Å². The number of fused-ring (bicyclic) bond motifs is 1. The summed E-state index contributed by atoms with van der Waals surface area (Å²) in [6, 6.07) is 7.79. The number of anilines is 1. The number of benzene rings is 1. The molecule has 1 aromatic carbocycles. The summed E-state index contributed by atoms with van der Waals surface area (Å²) in [4.78, 5) is 25.1. The van der Waals surface area contributed by atoms with Crippen LogP contribution >= 0.6 is 0 Å². The van der Waals surface area contributed by atoms with Crippen LogP contribution in [0, 0.1) is 0 Å². The van der Waals surface area contributed by atoms with E-state index in [1.807, 2.05) is 24.3 Å².